The van der Waals surface area contributed by atoms with Crippen molar-refractivity contribution in [2.45, 2.75) is 13.8 Å². The van der Waals surface area contributed by atoms with Crippen molar-refractivity contribution in [3.63, 3.8) is 0 Å². The summed E-state index contributed by atoms with van der Waals surface area (Å²) in [6.07, 6.45) is 0. The van der Waals surface area contributed by atoms with Gasteiger partial charge in [0.2, 0.25) is 10.0 Å². The topological polar surface area (TPSA) is 77.0 Å². The molecule has 7 nitrogen and oxygen atoms in total. The van der Waals surface area contributed by atoms with Crippen LogP contribution in [0, 0.1) is 5.82 Å². The first-order valence-corrected chi connectivity index (χ1v) is 10.6. The van der Waals surface area contributed by atoms with Crippen LogP contribution in [-0.2, 0) is 10.0 Å². The molecule has 1 saturated heterocycles. The van der Waals surface area contributed by atoms with Crippen molar-refractivity contribution in [2.24, 2.45) is 4.99 Å². The number of halogens is 2. The van der Waals surface area contributed by atoms with Gasteiger partial charge >= 0.3 is 0 Å². The molecule has 2 N–H and O–H groups in total. The zero-order chi connectivity index (χ0) is 19.0. The molecule has 1 aromatic carbocycles. The molecule has 0 aromatic heterocycles. The quantitative estimate of drug-likeness (QED) is 0.250. The Hall–Kier alpha value is -1.14. The molecule has 0 saturated carbocycles. The number of aliphatic imine (C=N–C) groups is 1. The van der Waals surface area contributed by atoms with Crippen LogP contribution in [0.1, 0.15) is 13.8 Å². The van der Waals surface area contributed by atoms with Crippen LogP contribution in [0.2, 0.25) is 0 Å². The van der Waals surface area contributed by atoms with Crippen LogP contribution in [0.25, 0.3) is 0 Å². The maximum atomic E-state index is 13.1. The third-order valence-corrected chi connectivity index (χ3v) is 5.59. The third kappa shape index (κ3) is 7.78. The number of rotatable bonds is 7. The molecule has 0 aliphatic carbocycles. The Labute approximate surface area is 178 Å². The largest absolute Gasteiger partial charge is 0.368 e. The highest BCUT2D eigenvalue weighted by atomic mass is 127. The summed E-state index contributed by atoms with van der Waals surface area (Å²) in [6.45, 7) is 8.27. The van der Waals surface area contributed by atoms with Gasteiger partial charge in [-0.05, 0) is 38.1 Å². The Morgan fingerprint density at radius 1 is 1.15 bits per heavy atom. The Kier molecular flexibility index (Phi) is 10.3. The van der Waals surface area contributed by atoms with Crippen molar-refractivity contribution in [1.29, 1.82) is 0 Å². The lowest BCUT2D eigenvalue weighted by Gasteiger charge is -2.37. The number of piperazine rings is 1. The molecule has 10 heteroatoms. The standard InChI is InChI=1S/C17H28FN5O2S.HI/c1-3-19-17(20-9-10-21-26(24,25)4-2)23-13-11-22(12-14-23)16-7-5-15(18)6-8-16;/h5-8,21H,3-4,9-14H2,1-2H3,(H,19,20);1H. The van der Waals surface area contributed by atoms with Gasteiger partial charge < -0.3 is 15.1 Å². The second-order valence-electron chi connectivity index (χ2n) is 5.98. The predicted molar refractivity (Wildman–Crippen MR) is 119 cm³/mol. The van der Waals surface area contributed by atoms with E-state index >= 15 is 0 Å². The molecule has 0 radical (unpaired) electrons. The van der Waals surface area contributed by atoms with E-state index < -0.39 is 10.0 Å². The molecule has 0 atom stereocenters. The van der Waals surface area contributed by atoms with Gasteiger partial charge in [0.15, 0.2) is 5.96 Å². The number of hydrogen-bond acceptors (Lipinski definition) is 4. The molecule has 0 unspecified atom stereocenters. The first-order chi connectivity index (χ1) is 12.4. The monoisotopic (exact) mass is 513 g/mol. The SMILES string of the molecule is CCNC(=NCCNS(=O)(=O)CC)N1CCN(c2ccc(F)cc2)CC1.I. The summed E-state index contributed by atoms with van der Waals surface area (Å²) in [5.41, 5.74) is 1.02. The summed E-state index contributed by atoms with van der Waals surface area (Å²) < 4.78 is 38.5. The van der Waals surface area contributed by atoms with E-state index in [9.17, 15) is 12.8 Å². The molecule has 27 heavy (non-hydrogen) atoms. The van der Waals surface area contributed by atoms with Gasteiger partial charge in [-0.25, -0.2) is 17.5 Å². The average Bonchev–Trinajstić information content (AvgIpc) is 2.65. The second kappa shape index (κ2) is 11.6. The molecule has 2 rings (SSSR count). The number of guanidine groups is 1. The van der Waals surface area contributed by atoms with Crippen LogP contribution < -0.4 is 14.9 Å². The van der Waals surface area contributed by atoms with E-state index in [4.69, 9.17) is 0 Å². The lowest BCUT2D eigenvalue weighted by Crippen LogP contribution is -2.52. The minimum absolute atomic E-state index is 0. The minimum atomic E-state index is -3.18. The van der Waals surface area contributed by atoms with E-state index in [1.54, 1.807) is 19.1 Å². The lowest BCUT2D eigenvalue weighted by atomic mass is 10.2. The van der Waals surface area contributed by atoms with Crippen LogP contribution in [0.5, 0.6) is 0 Å². The van der Waals surface area contributed by atoms with Crippen LogP contribution in [-0.4, -0.2) is 70.8 Å². The Morgan fingerprint density at radius 2 is 1.78 bits per heavy atom. The van der Waals surface area contributed by atoms with Crippen molar-refractivity contribution < 1.29 is 12.8 Å². The van der Waals surface area contributed by atoms with E-state index in [1.807, 2.05) is 6.92 Å². The zero-order valence-electron chi connectivity index (χ0n) is 15.8. The van der Waals surface area contributed by atoms with Crippen molar-refractivity contribution in [3.8, 4) is 0 Å². The van der Waals surface area contributed by atoms with Gasteiger partial charge in [-0.1, -0.05) is 0 Å². The fourth-order valence-electron chi connectivity index (χ4n) is 2.72. The molecule has 0 bridgehead atoms. The summed E-state index contributed by atoms with van der Waals surface area (Å²) in [5.74, 6) is 0.636. The molecule has 0 amide bonds. The first-order valence-electron chi connectivity index (χ1n) is 8.96. The molecule has 1 aromatic rings. The van der Waals surface area contributed by atoms with Crippen LogP contribution >= 0.6 is 24.0 Å². The predicted octanol–water partition coefficient (Wildman–Crippen LogP) is 1.47. The molecule has 1 heterocycles. The highest BCUT2D eigenvalue weighted by Gasteiger charge is 2.19. The molecular weight excluding hydrogens is 484 g/mol. The number of anilines is 1. The lowest BCUT2D eigenvalue weighted by molar-refractivity contribution is 0.372. The number of sulfonamides is 1. The summed E-state index contributed by atoms with van der Waals surface area (Å²) in [4.78, 5) is 8.90. The maximum absolute atomic E-state index is 13.1. The van der Waals surface area contributed by atoms with Crippen LogP contribution in [0.15, 0.2) is 29.3 Å². The van der Waals surface area contributed by atoms with Gasteiger partial charge in [-0.2, -0.15) is 0 Å². The van der Waals surface area contributed by atoms with Crippen LogP contribution in [0.3, 0.4) is 0 Å². The van der Waals surface area contributed by atoms with Gasteiger partial charge in [0.1, 0.15) is 5.82 Å². The average molecular weight is 513 g/mol. The summed E-state index contributed by atoms with van der Waals surface area (Å²) >= 11 is 0. The summed E-state index contributed by atoms with van der Waals surface area (Å²) in [7, 11) is -3.18. The fourth-order valence-corrected chi connectivity index (χ4v) is 3.33. The second-order valence-corrected chi connectivity index (χ2v) is 8.08. The van der Waals surface area contributed by atoms with E-state index in [1.165, 1.54) is 12.1 Å². The van der Waals surface area contributed by atoms with Crippen molar-refractivity contribution in [1.82, 2.24) is 14.9 Å². The van der Waals surface area contributed by atoms with Gasteiger partial charge in [-0.3, -0.25) is 4.99 Å². The zero-order valence-corrected chi connectivity index (χ0v) is 19.0. The van der Waals surface area contributed by atoms with Gasteiger partial charge in [0.25, 0.3) is 0 Å². The molecule has 1 fully saturated rings. The van der Waals surface area contributed by atoms with Crippen molar-refractivity contribution in [2.75, 3.05) is 56.5 Å². The van der Waals surface area contributed by atoms with Crippen molar-refractivity contribution >= 4 is 45.6 Å². The van der Waals surface area contributed by atoms with E-state index in [0.717, 1.165) is 44.4 Å². The Morgan fingerprint density at radius 3 is 2.33 bits per heavy atom. The smallest absolute Gasteiger partial charge is 0.211 e. The molecule has 154 valence electrons. The number of benzene rings is 1. The van der Waals surface area contributed by atoms with Crippen LogP contribution in [0.4, 0.5) is 10.1 Å². The Balaban J connectivity index is 0.00000364. The van der Waals surface area contributed by atoms with Gasteiger partial charge in [0, 0.05) is 45.0 Å². The molecular formula is C17H29FIN5O2S. The normalized spacial score (nSPS) is 15.4. The van der Waals surface area contributed by atoms with E-state index in [-0.39, 0.29) is 35.5 Å². The van der Waals surface area contributed by atoms with Crippen molar-refractivity contribution in [3.05, 3.63) is 30.1 Å². The van der Waals surface area contributed by atoms with E-state index in [0.29, 0.717) is 13.1 Å². The van der Waals surface area contributed by atoms with Gasteiger partial charge in [0.05, 0.1) is 12.3 Å². The summed E-state index contributed by atoms with van der Waals surface area (Å²) in [6, 6.07) is 6.55. The fraction of sp³-hybridized carbons (Fsp3) is 0.588. The third-order valence-electron chi connectivity index (χ3n) is 4.18. The summed E-state index contributed by atoms with van der Waals surface area (Å²) in [5, 5.41) is 3.26. The number of nitrogens with one attached hydrogen (secondary N) is 2. The number of hydrogen-bond donors (Lipinski definition) is 2. The van der Waals surface area contributed by atoms with Gasteiger partial charge in [-0.15, -0.1) is 24.0 Å². The maximum Gasteiger partial charge on any atom is 0.211 e. The van der Waals surface area contributed by atoms with E-state index in [2.05, 4.69) is 24.8 Å². The molecule has 0 spiro atoms. The Bertz CT molecular complexity index is 692. The molecule has 1 aliphatic heterocycles. The number of nitrogens with zero attached hydrogens (tertiary/aromatic N) is 3. The molecule has 1 aliphatic rings. The highest BCUT2D eigenvalue weighted by molar-refractivity contribution is 14.0. The minimum Gasteiger partial charge on any atom is -0.368 e. The first kappa shape index (κ1) is 23.9. The highest BCUT2D eigenvalue weighted by Crippen LogP contribution is 2.16.